The Labute approximate surface area is 114 Å². The Morgan fingerprint density at radius 3 is 2.12 bits per heavy atom. The monoisotopic (exact) mass is 346 g/mol. The third kappa shape index (κ3) is 3.17. The van der Waals surface area contributed by atoms with Gasteiger partial charge in [-0.15, -0.1) is 0 Å². The molecule has 0 radical (unpaired) electrons. The minimum Gasteiger partial charge on any atom is -0.294 e. The number of hydrogen-bond acceptors (Lipinski definition) is 1. The third-order valence-electron chi connectivity index (χ3n) is 2.44. The number of rotatable bonds is 3. The van der Waals surface area contributed by atoms with Gasteiger partial charge in [-0.3, -0.25) is 4.79 Å². The van der Waals surface area contributed by atoms with E-state index in [1.807, 2.05) is 39.0 Å². The molecule has 1 nitrogen and oxygen atoms in total. The van der Waals surface area contributed by atoms with Crippen LogP contribution >= 0.6 is 31.9 Å². The number of alkyl halides is 2. The maximum absolute atomic E-state index is 12.1. The lowest BCUT2D eigenvalue weighted by Gasteiger charge is -2.17. The Bertz CT molecular complexity index is 391. The van der Waals surface area contributed by atoms with Crippen molar-refractivity contribution in [1.82, 2.24) is 0 Å². The predicted molar refractivity (Wildman–Crippen MR) is 75.5 cm³/mol. The summed E-state index contributed by atoms with van der Waals surface area (Å²) in [5.74, 6) is 0.191. The van der Waals surface area contributed by atoms with Crippen molar-refractivity contribution in [2.24, 2.45) is 5.41 Å². The Balaban J connectivity index is 3.13. The highest BCUT2D eigenvalue weighted by molar-refractivity contribution is 9.09. The maximum Gasteiger partial charge on any atom is 0.168 e. The van der Waals surface area contributed by atoms with E-state index in [0.29, 0.717) is 0 Å². The van der Waals surface area contributed by atoms with Crippen LogP contribution in [0, 0.1) is 5.41 Å². The number of Topliss-reactive ketones (excluding diaryl/α,β-unsaturated/α-hetero) is 1. The van der Waals surface area contributed by atoms with Gasteiger partial charge < -0.3 is 0 Å². The van der Waals surface area contributed by atoms with Crippen molar-refractivity contribution in [3.8, 4) is 0 Å². The zero-order valence-electron chi connectivity index (χ0n) is 9.81. The minimum absolute atomic E-state index is 0.191. The minimum atomic E-state index is -0.320. The van der Waals surface area contributed by atoms with Crippen LogP contribution < -0.4 is 0 Å². The number of hydrogen-bond donors (Lipinski definition) is 0. The molecule has 0 saturated carbocycles. The number of halogens is 2. The fraction of sp³-hybridized carbons (Fsp3) is 0.462. The highest BCUT2D eigenvalue weighted by Crippen LogP contribution is 2.24. The summed E-state index contributed by atoms with van der Waals surface area (Å²) in [6, 6.07) is 5.92. The van der Waals surface area contributed by atoms with E-state index in [2.05, 4.69) is 31.9 Å². The number of benzene rings is 1. The van der Waals surface area contributed by atoms with E-state index in [1.165, 1.54) is 11.1 Å². The topological polar surface area (TPSA) is 17.1 Å². The molecule has 1 aromatic carbocycles. The van der Waals surface area contributed by atoms with Crippen LogP contribution in [0.2, 0.25) is 0 Å². The molecule has 0 bridgehead atoms. The van der Waals surface area contributed by atoms with Crippen molar-refractivity contribution >= 4 is 37.6 Å². The first-order chi connectivity index (χ1) is 7.40. The normalized spacial score (nSPS) is 11.6. The molecule has 0 aliphatic carbocycles. The van der Waals surface area contributed by atoms with Crippen LogP contribution in [-0.4, -0.2) is 5.78 Å². The number of ketones is 1. The Hall–Kier alpha value is -0.150. The van der Waals surface area contributed by atoms with Crippen LogP contribution in [0.4, 0.5) is 0 Å². The summed E-state index contributed by atoms with van der Waals surface area (Å²) in [6.45, 7) is 5.84. The van der Waals surface area contributed by atoms with Gasteiger partial charge in [-0.2, -0.15) is 0 Å². The summed E-state index contributed by atoms with van der Waals surface area (Å²) in [4.78, 5) is 12.1. The van der Waals surface area contributed by atoms with Gasteiger partial charge in [0.2, 0.25) is 0 Å². The van der Waals surface area contributed by atoms with Crippen LogP contribution in [0.15, 0.2) is 18.2 Å². The summed E-state index contributed by atoms with van der Waals surface area (Å²) in [5, 5.41) is 1.59. The average Bonchev–Trinajstić information content (AvgIpc) is 2.25. The molecule has 0 unspecified atom stereocenters. The lowest BCUT2D eigenvalue weighted by Crippen LogP contribution is -2.20. The van der Waals surface area contributed by atoms with Gasteiger partial charge in [0, 0.05) is 21.6 Å². The summed E-state index contributed by atoms with van der Waals surface area (Å²) in [6.07, 6.45) is 0. The van der Waals surface area contributed by atoms with Gasteiger partial charge in [0.15, 0.2) is 5.78 Å². The van der Waals surface area contributed by atoms with E-state index < -0.39 is 0 Å². The first kappa shape index (κ1) is 13.9. The summed E-state index contributed by atoms with van der Waals surface area (Å²) >= 11 is 6.90. The van der Waals surface area contributed by atoms with E-state index >= 15 is 0 Å². The lowest BCUT2D eigenvalue weighted by atomic mass is 9.86. The molecule has 0 saturated heterocycles. The molecule has 3 heteroatoms. The molecule has 0 atom stereocenters. The maximum atomic E-state index is 12.1. The second-order valence-electron chi connectivity index (χ2n) is 4.83. The van der Waals surface area contributed by atoms with Crippen molar-refractivity contribution in [3.05, 3.63) is 34.9 Å². The van der Waals surface area contributed by atoms with E-state index in [0.717, 1.165) is 16.2 Å². The summed E-state index contributed by atoms with van der Waals surface area (Å²) < 4.78 is 0. The van der Waals surface area contributed by atoms with Crippen molar-refractivity contribution in [2.45, 2.75) is 31.4 Å². The molecular weight excluding hydrogens is 332 g/mol. The predicted octanol–water partition coefficient (Wildman–Crippen LogP) is 4.71. The second-order valence-corrected chi connectivity index (χ2v) is 5.95. The fourth-order valence-electron chi connectivity index (χ4n) is 1.45. The summed E-state index contributed by atoms with van der Waals surface area (Å²) in [7, 11) is 0. The van der Waals surface area contributed by atoms with Gasteiger partial charge in [-0.1, -0.05) is 64.8 Å². The van der Waals surface area contributed by atoms with Gasteiger partial charge in [0.25, 0.3) is 0 Å². The zero-order chi connectivity index (χ0) is 12.3. The van der Waals surface area contributed by atoms with Gasteiger partial charge >= 0.3 is 0 Å². The van der Waals surface area contributed by atoms with E-state index in [4.69, 9.17) is 0 Å². The molecule has 0 aromatic heterocycles. The molecule has 0 N–H and O–H groups in total. The zero-order valence-corrected chi connectivity index (χ0v) is 13.0. The van der Waals surface area contributed by atoms with E-state index in [9.17, 15) is 4.79 Å². The van der Waals surface area contributed by atoms with Gasteiger partial charge in [-0.05, 0) is 17.2 Å². The molecular formula is C13H16Br2O. The number of carbonyl (C=O) groups is 1. The van der Waals surface area contributed by atoms with Gasteiger partial charge in [0.1, 0.15) is 0 Å². The molecule has 0 heterocycles. The number of carbonyl (C=O) groups excluding carboxylic acids is 1. The van der Waals surface area contributed by atoms with E-state index in [1.54, 1.807) is 0 Å². The molecule has 0 spiro atoms. The van der Waals surface area contributed by atoms with E-state index in [-0.39, 0.29) is 11.2 Å². The largest absolute Gasteiger partial charge is 0.294 e. The van der Waals surface area contributed by atoms with Gasteiger partial charge in [-0.25, -0.2) is 0 Å². The standard InChI is InChI=1S/C13H16Br2O/c1-13(2,3)12(16)9-4-5-10(7-14)11(6-9)8-15/h4-6H,7-8H2,1-3H3. The molecule has 0 fully saturated rings. The quantitative estimate of drug-likeness (QED) is 0.571. The molecule has 1 aromatic rings. The first-order valence-electron chi connectivity index (χ1n) is 5.18. The highest BCUT2D eigenvalue weighted by Gasteiger charge is 2.23. The summed E-state index contributed by atoms with van der Waals surface area (Å²) in [5.41, 5.74) is 2.88. The van der Waals surface area contributed by atoms with Crippen LogP contribution in [-0.2, 0) is 10.7 Å². The molecule has 1 rings (SSSR count). The highest BCUT2D eigenvalue weighted by atomic mass is 79.9. The van der Waals surface area contributed by atoms with Crippen molar-refractivity contribution in [3.63, 3.8) is 0 Å². The third-order valence-corrected chi connectivity index (χ3v) is 3.65. The fourth-order valence-corrected chi connectivity index (χ4v) is 2.52. The second kappa shape index (κ2) is 5.46. The molecule has 0 aliphatic heterocycles. The Kier molecular flexibility index (Phi) is 4.74. The average molecular weight is 348 g/mol. The first-order valence-corrected chi connectivity index (χ1v) is 7.43. The van der Waals surface area contributed by atoms with Crippen molar-refractivity contribution < 1.29 is 4.79 Å². The van der Waals surface area contributed by atoms with Crippen molar-refractivity contribution in [2.75, 3.05) is 0 Å². The van der Waals surface area contributed by atoms with Crippen LogP contribution in [0.1, 0.15) is 42.3 Å². The van der Waals surface area contributed by atoms with Crippen molar-refractivity contribution in [1.29, 1.82) is 0 Å². The molecule has 0 amide bonds. The lowest BCUT2D eigenvalue weighted by molar-refractivity contribution is 0.0858. The SMILES string of the molecule is CC(C)(C)C(=O)c1ccc(CBr)c(CBr)c1. The Morgan fingerprint density at radius 1 is 1.12 bits per heavy atom. The van der Waals surface area contributed by atoms with Crippen LogP contribution in [0.3, 0.4) is 0 Å². The smallest absolute Gasteiger partial charge is 0.168 e. The van der Waals surface area contributed by atoms with Gasteiger partial charge in [0.05, 0.1) is 0 Å². The molecule has 16 heavy (non-hydrogen) atoms. The van der Waals surface area contributed by atoms with Crippen LogP contribution in [0.25, 0.3) is 0 Å². The Morgan fingerprint density at radius 2 is 1.69 bits per heavy atom. The molecule has 0 aliphatic rings. The molecule has 88 valence electrons. The van der Waals surface area contributed by atoms with Crippen LogP contribution in [0.5, 0.6) is 0 Å².